The molecular weight excluding hydrogens is 619 g/mol. The summed E-state index contributed by atoms with van der Waals surface area (Å²) in [7, 11) is 0. The van der Waals surface area contributed by atoms with Crippen LogP contribution in [0.2, 0.25) is 0 Å². The molecule has 2 aromatic heterocycles. The van der Waals surface area contributed by atoms with Crippen molar-refractivity contribution in [2.45, 2.75) is 12.3 Å². The van der Waals surface area contributed by atoms with E-state index in [0.29, 0.717) is 0 Å². The van der Waals surface area contributed by atoms with E-state index >= 15 is 0 Å². The van der Waals surface area contributed by atoms with Gasteiger partial charge in [-0.25, -0.2) is 9.97 Å². The molecule has 0 bridgehead atoms. The lowest BCUT2D eigenvalue weighted by atomic mass is 9.95. The Morgan fingerprint density at radius 3 is 1.82 bits per heavy atom. The fourth-order valence-electron chi connectivity index (χ4n) is 7.80. The molecule has 0 saturated heterocycles. The van der Waals surface area contributed by atoms with Gasteiger partial charge in [0, 0.05) is 33.5 Å². The zero-order valence-electron chi connectivity index (χ0n) is 27.9. The highest BCUT2D eigenvalue weighted by molar-refractivity contribution is 6.28. The standard InChI is InChI=1S/C48H33N3/c1-3-14-35(15-4-1)42-31-43(50-48(49-42)37-16-5-2-6-17-37)36-24-22-32(23-25-36)38-18-11-19-39(30-38)51-44-28-26-33-12-7-9-20-40(33)46(44)47-41-21-10-8-13-34(41)27-29-45(47)51/h1-14,16-31,35H,15H2. The lowest BCUT2D eigenvalue weighted by Crippen LogP contribution is -2.04. The van der Waals surface area contributed by atoms with Crippen LogP contribution in [0.3, 0.4) is 0 Å². The van der Waals surface area contributed by atoms with Gasteiger partial charge in [0.1, 0.15) is 0 Å². The van der Waals surface area contributed by atoms with Crippen LogP contribution in [-0.2, 0) is 0 Å². The van der Waals surface area contributed by atoms with E-state index < -0.39 is 0 Å². The highest BCUT2D eigenvalue weighted by Crippen LogP contribution is 2.41. The maximum absolute atomic E-state index is 5.06. The van der Waals surface area contributed by atoms with Crippen LogP contribution in [0.1, 0.15) is 18.0 Å². The Bertz CT molecular complexity index is 2730. The molecule has 0 aliphatic heterocycles. The van der Waals surface area contributed by atoms with Gasteiger partial charge >= 0.3 is 0 Å². The molecule has 0 fully saturated rings. The van der Waals surface area contributed by atoms with Crippen LogP contribution in [0.25, 0.3) is 82.8 Å². The Labute approximate surface area is 296 Å². The van der Waals surface area contributed by atoms with E-state index in [0.717, 1.165) is 46.0 Å². The molecule has 51 heavy (non-hydrogen) atoms. The number of nitrogens with zero attached hydrogens (tertiary/aromatic N) is 3. The van der Waals surface area contributed by atoms with Gasteiger partial charge in [-0.1, -0.05) is 152 Å². The van der Waals surface area contributed by atoms with Crippen molar-refractivity contribution in [1.82, 2.24) is 14.5 Å². The maximum atomic E-state index is 5.06. The molecular formula is C48H33N3. The monoisotopic (exact) mass is 651 g/mol. The molecule has 0 saturated carbocycles. The van der Waals surface area contributed by atoms with Crippen LogP contribution in [0.15, 0.2) is 182 Å². The first-order valence-electron chi connectivity index (χ1n) is 17.6. The van der Waals surface area contributed by atoms with Crippen molar-refractivity contribution >= 4 is 43.4 Å². The van der Waals surface area contributed by atoms with Crippen molar-refractivity contribution in [2.75, 3.05) is 0 Å². The van der Waals surface area contributed by atoms with Gasteiger partial charge in [-0.2, -0.15) is 0 Å². The van der Waals surface area contributed by atoms with Gasteiger partial charge in [0.05, 0.1) is 22.4 Å². The molecule has 1 atom stereocenters. The van der Waals surface area contributed by atoms with E-state index in [-0.39, 0.29) is 5.92 Å². The molecule has 3 heteroatoms. The summed E-state index contributed by atoms with van der Waals surface area (Å²) in [5.74, 6) is 0.993. The van der Waals surface area contributed by atoms with Crippen LogP contribution < -0.4 is 0 Å². The van der Waals surface area contributed by atoms with E-state index in [2.05, 4.69) is 168 Å². The first kappa shape index (κ1) is 29.3. The molecule has 2 heterocycles. The second-order valence-corrected chi connectivity index (χ2v) is 13.3. The Balaban J connectivity index is 1.08. The first-order valence-corrected chi connectivity index (χ1v) is 17.6. The molecule has 0 amide bonds. The predicted octanol–water partition coefficient (Wildman–Crippen LogP) is 12.5. The predicted molar refractivity (Wildman–Crippen MR) is 213 cm³/mol. The van der Waals surface area contributed by atoms with Crippen LogP contribution in [-0.4, -0.2) is 14.5 Å². The van der Waals surface area contributed by atoms with Crippen molar-refractivity contribution in [1.29, 1.82) is 0 Å². The van der Waals surface area contributed by atoms with Crippen molar-refractivity contribution in [3.8, 4) is 39.5 Å². The zero-order chi connectivity index (χ0) is 33.7. The second kappa shape index (κ2) is 12.1. The summed E-state index contributed by atoms with van der Waals surface area (Å²) in [6.07, 6.45) is 9.61. The van der Waals surface area contributed by atoms with E-state index in [1.165, 1.54) is 48.9 Å². The summed E-state index contributed by atoms with van der Waals surface area (Å²) < 4.78 is 2.43. The lowest BCUT2D eigenvalue weighted by Gasteiger charge is -2.15. The highest BCUT2D eigenvalue weighted by atomic mass is 15.0. The smallest absolute Gasteiger partial charge is 0.160 e. The molecule has 9 aromatic rings. The molecule has 0 N–H and O–H groups in total. The van der Waals surface area contributed by atoms with Crippen LogP contribution in [0, 0.1) is 0 Å². The number of hydrogen-bond acceptors (Lipinski definition) is 2. The largest absolute Gasteiger partial charge is 0.309 e. The number of hydrogen-bond donors (Lipinski definition) is 0. The number of fused-ring (bicyclic) bond motifs is 7. The molecule has 3 nitrogen and oxygen atoms in total. The highest BCUT2D eigenvalue weighted by Gasteiger charge is 2.18. The fourth-order valence-corrected chi connectivity index (χ4v) is 7.80. The van der Waals surface area contributed by atoms with E-state index in [1.807, 2.05) is 18.2 Å². The Hall–Kier alpha value is -6.58. The number of rotatable bonds is 5. The van der Waals surface area contributed by atoms with Gasteiger partial charge < -0.3 is 4.57 Å². The molecule has 7 aromatic carbocycles. The van der Waals surface area contributed by atoms with Crippen LogP contribution in [0.4, 0.5) is 0 Å². The van der Waals surface area contributed by atoms with Crippen LogP contribution >= 0.6 is 0 Å². The summed E-state index contributed by atoms with van der Waals surface area (Å²) in [5.41, 5.74) is 9.98. The topological polar surface area (TPSA) is 30.7 Å². The first-order chi connectivity index (χ1) is 25.3. The van der Waals surface area contributed by atoms with E-state index in [1.54, 1.807) is 0 Å². The normalized spacial score (nSPS) is 14.2. The summed E-state index contributed by atoms with van der Waals surface area (Å²) in [5, 5.41) is 7.67. The number of allylic oxidation sites excluding steroid dienone is 4. The van der Waals surface area contributed by atoms with Crippen LogP contribution in [0.5, 0.6) is 0 Å². The SMILES string of the molecule is C1=CCC(c2cc(-c3ccc(-c4cccc(-n5c6ccc7ccccc7c6c6c7ccccc7ccc65)c4)cc3)nc(-c3ccccc3)n2)C=C1. The molecule has 1 aliphatic rings. The number of aromatic nitrogens is 3. The average molecular weight is 652 g/mol. The van der Waals surface area contributed by atoms with Crippen molar-refractivity contribution < 1.29 is 0 Å². The third kappa shape index (κ3) is 5.05. The lowest BCUT2D eigenvalue weighted by molar-refractivity contribution is 0.811. The van der Waals surface area contributed by atoms with Gasteiger partial charge in [-0.05, 0) is 69.4 Å². The Morgan fingerprint density at radius 2 is 1.14 bits per heavy atom. The maximum Gasteiger partial charge on any atom is 0.160 e. The summed E-state index contributed by atoms with van der Waals surface area (Å²) in [4.78, 5) is 10.1. The van der Waals surface area contributed by atoms with Crippen molar-refractivity contribution in [2.24, 2.45) is 0 Å². The Morgan fingerprint density at radius 1 is 0.490 bits per heavy atom. The van der Waals surface area contributed by atoms with E-state index in [4.69, 9.17) is 9.97 Å². The molecule has 1 aliphatic carbocycles. The third-order valence-corrected chi connectivity index (χ3v) is 10.3. The van der Waals surface area contributed by atoms with Gasteiger partial charge in [0.15, 0.2) is 5.82 Å². The molecule has 1 unspecified atom stereocenters. The minimum absolute atomic E-state index is 0.234. The Kier molecular flexibility index (Phi) is 6.95. The van der Waals surface area contributed by atoms with Gasteiger partial charge in [0.25, 0.3) is 0 Å². The van der Waals surface area contributed by atoms with Gasteiger partial charge in [0.2, 0.25) is 0 Å². The molecule has 240 valence electrons. The van der Waals surface area contributed by atoms with Crippen molar-refractivity contribution in [3.63, 3.8) is 0 Å². The average Bonchev–Trinajstić information content (AvgIpc) is 3.57. The van der Waals surface area contributed by atoms with Crippen molar-refractivity contribution in [3.05, 3.63) is 188 Å². The fraction of sp³-hybridized carbons (Fsp3) is 0.0417. The molecule has 10 rings (SSSR count). The second-order valence-electron chi connectivity index (χ2n) is 13.3. The summed E-state index contributed by atoms with van der Waals surface area (Å²) >= 11 is 0. The molecule has 0 radical (unpaired) electrons. The minimum atomic E-state index is 0.234. The molecule has 0 spiro atoms. The minimum Gasteiger partial charge on any atom is -0.309 e. The van der Waals surface area contributed by atoms with Gasteiger partial charge in [-0.3, -0.25) is 0 Å². The quantitative estimate of drug-likeness (QED) is 0.185. The zero-order valence-corrected chi connectivity index (χ0v) is 27.9. The number of benzene rings is 7. The summed E-state index contributed by atoms with van der Waals surface area (Å²) in [6.45, 7) is 0. The third-order valence-electron chi connectivity index (χ3n) is 10.3. The summed E-state index contributed by atoms with van der Waals surface area (Å²) in [6, 6.07) is 56.7. The van der Waals surface area contributed by atoms with E-state index in [9.17, 15) is 0 Å². The van der Waals surface area contributed by atoms with Gasteiger partial charge in [-0.15, -0.1) is 0 Å².